The Balaban J connectivity index is 1.64. The van der Waals surface area contributed by atoms with Gasteiger partial charge >= 0.3 is 5.97 Å². The van der Waals surface area contributed by atoms with Gasteiger partial charge < -0.3 is 5.11 Å². The predicted octanol–water partition coefficient (Wildman–Crippen LogP) is 5.16. The number of nitrogens with zero attached hydrogens (tertiary/aromatic N) is 2. The van der Waals surface area contributed by atoms with E-state index in [9.17, 15) is 18.3 Å². The van der Waals surface area contributed by atoms with E-state index in [-0.39, 0.29) is 10.5 Å². The summed E-state index contributed by atoms with van der Waals surface area (Å²) < 4.78 is 29.4. The zero-order valence-electron chi connectivity index (χ0n) is 19.9. The van der Waals surface area contributed by atoms with Crippen LogP contribution in [0.15, 0.2) is 108 Å². The molecule has 0 fully saturated rings. The fourth-order valence-electron chi connectivity index (χ4n) is 3.97. The number of carboxylic acid groups (broad SMARTS) is 1. The van der Waals surface area contributed by atoms with Crippen LogP contribution in [0.3, 0.4) is 0 Å². The Morgan fingerprint density at radius 2 is 1.57 bits per heavy atom. The molecule has 0 bridgehead atoms. The second-order valence-electron chi connectivity index (χ2n) is 8.57. The van der Waals surface area contributed by atoms with E-state index in [2.05, 4.69) is 14.6 Å². The summed E-state index contributed by atoms with van der Waals surface area (Å²) in [5, 5.41) is 9.68. The molecule has 0 saturated carbocycles. The quantitative estimate of drug-likeness (QED) is 0.275. The standard InChI is InChI=1S/C28H26ClN3O4S/c29-25-12-14-26(15-13-25)37(35,36)31-27(23-6-2-1-3-7-23)20-32(19-22-5-4-16-30-17-22)18-21-8-10-24(11-9-21)28(33)34/h1-17,27,31H,18-20H2,(H,33,34). The lowest BCUT2D eigenvalue weighted by atomic mass is 10.1. The maximum Gasteiger partial charge on any atom is 0.335 e. The number of hydrogen-bond donors (Lipinski definition) is 2. The molecule has 2 N–H and O–H groups in total. The summed E-state index contributed by atoms with van der Waals surface area (Å²) in [5.41, 5.74) is 2.90. The molecule has 1 unspecified atom stereocenters. The van der Waals surface area contributed by atoms with Gasteiger partial charge in [0.1, 0.15) is 0 Å². The summed E-state index contributed by atoms with van der Waals surface area (Å²) in [4.78, 5) is 17.7. The minimum atomic E-state index is -3.84. The topological polar surface area (TPSA) is 99.6 Å². The van der Waals surface area contributed by atoms with Crippen molar-refractivity contribution in [3.05, 3.63) is 131 Å². The van der Waals surface area contributed by atoms with Crippen LogP contribution in [0, 0.1) is 0 Å². The summed E-state index contributed by atoms with van der Waals surface area (Å²) in [6.07, 6.45) is 3.47. The fraction of sp³-hybridized carbons (Fsp3) is 0.143. The maximum atomic E-state index is 13.3. The van der Waals surface area contributed by atoms with Crippen LogP contribution in [-0.2, 0) is 23.1 Å². The highest BCUT2D eigenvalue weighted by Crippen LogP contribution is 2.22. The first kappa shape index (κ1) is 26.5. The first-order valence-corrected chi connectivity index (χ1v) is 13.4. The molecule has 9 heteroatoms. The molecule has 1 atom stereocenters. The van der Waals surface area contributed by atoms with Crippen LogP contribution in [0.2, 0.25) is 5.02 Å². The molecule has 0 aliphatic heterocycles. The minimum absolute atomic E-state index is 0.126. The van der Waals surface area contributed by atoms with Gasteiger partial charge in [0, 0.05) is 37.1 Å². The van der Waals surface area contributed by atoms with Gasteiger partial charge in [-0.25, -0.2) is 17.9 Å². The van der Waals surface area contributed by atoms with Gasteiger partial charge in [0.05, 0.1) is 16.5 Å². The molecule has 3 aromatic carbocycles. The lowest BCUT2D eigenvalue weighted by molar-refractivity contribution is 0.0697. The maximum absolute atomic E-state index is 13.3. The number of benzene rings is 3. The lowest BCUT2D eigenvalue weighted by Crippen LogP contribution is -2.37. The van der Waals surface area contributed by atoms with Gasteiger partial charge in [0.15, 0.2) is 0 Å². The Morgan fingerprint density at radius 1 is 0.892 bits per heavy atom. The van der Waals surface area contributed by atoms with Crippen molar-refractivity contribution in [3.8, 4) is 0 Å². The minimum Gasteiger partial charge on any atom is -0.478 e. The Bertz CT molecular complexity index is 1420. The van der Waals surface area contributed by atoms with Crippen LogP contribution in [0.5, 0.6) is 0 Å². The van der Waals surface area contributed by atoms with Crippen LogP contribution in [0.1, 0.15) is 33.1 Å². The summed E-state index contributed by atoms with van der Waals surface area (Å²) in [7, 11) is -3.84. The van der Waals surface area contributed by atoms with E-state index in [4.69, 9.17) is 11.6 Å². The molecular weight excluding hydrogens is 510 g/mol. The normalized spacial score (nSPS) is 12.4. The molecule has 0 saturated heterocycles. The average Bonchev–Trinajstić information content (AvgIpc) is 2.90. The number of rotatable bonds is 11. The van der Waals surface area contributed by atoms with E-state index in [1.54, 1.807) is 48.8 Å². The zero-order chi connectivity index (χ0) is 26.3. The number of pyridine rings is 1. The van der Waals surface area contributed by atoms with E-state index in [0.29, 0.717) is 24.7 Å². The number of aromatic nitrogens is 1. The van der Waals surface area contributed by atoms with Gasteiger partial charge in [-0.05, 0) is 59.2 Å². The van der Waals surface area contributed by atoms with E-state index in [1.807, 2.05) is 42.5 Å². The molecule has 0 spiro atoms. The van der Waals surface area contributed by atoms with Crippen LogP contribution in [-0.4, -0.2) is 35.9 Å². The third-order valence-electron chi connectivity index (χ3n) is 5.80. The first-order chi connectivity index (χ1) is 17.8. The van der Waals surface area contributed by atoms with Crippen molar-refractivity contribution < 1.29 is 18.3 Å². The number of halogens is 1. The largest absolute Gasteiger partial charge is 0.478 e. The first-order valence-electron chi connectivity index (χ1n) is 11.6. The molecule has 0 aliphatic rings. The second kappa shape index (κ2) is 12.1. The second-order valence-corrected chi connectivity index (χ2v) is 10.7. The molecule has 190 valence electrons. The Kier molecular flexibility index (Phi) is 8.68. The molecule has 1 heterocycles. The highest BCUT2D eigenvalue weighted by molar-refractivity contribution is 7.89. The van der Waals surface area contributed by atoms with Gasteiger partial charge in [-0.15, -0.1) is 0 Å². The summed E-state index contributed by atoms with van der Waals surface area (Å²) in [5.74, 6) is -0.987. The smallest absolute Gasteiger partial charge is 0.335 e. The molecule has 37 heavy (non-hydrogen) atoms. The van der Waals surface area contributed by atoms with Crippen molar-refractivity contribution in [1.29, 1.82) is 0 Å². The average molecular weight is 536 g/mol. The molecule has 4 rings (SSSR count). The number of sulfonamides is 1. The molecule has 4 aromatic rings. The van der Waals surface area contributed by atoms with Crippen LogP contribution < -0.4 is 4.72 Å². The van der Waals surface area contributed by atoms with Crippen molar-refractivity contribution in [2.45, 2.75) is 24.0 Å². The summed E-state index contributed by atoms with van der Waals surface area (Å²) in [6.45, 7) is 1.34. The van der Waals surface area contributed by atoms with E-state index >= 15 is 0 Å². The molecule has 0 aliphatic carbocycles. The Hall–Kier alpha value is -3.56. The monoisotopic (exact) mass is 535 g/mol. The van der Waals surface area contributed by atoms with Gasteiger partial charge in [0.25, 0.3) is 0 Å². The van der Waals surface area contributed by atoms with Gasteiger partial charge in [-0.3, -0.25) is 9.88 Å². The van der Waals surface area contributed by atoms with E-state index in [1.165, 1.54) is 12.1 Å². The van der Waals surface area contributed by atoms with Gasteiger partial charge in [0.2, 0.25) is 10.0 Å². The molecule has 0 radical (unpaired) electrons. The lowest BCUT2D eigenvalue weighted by Gasteiger charge is -2.28. The van der Waals surface area contributed by atoms with E-state index in [0.717, 1.165) is 16.7 Å². The van der Waals surface area contributed by atoms with Crippen molar-refractivity contribution in [3.63, 3.8) is 0 Å². The third-order valence-corrected chi connectivity index (χ3v) is 7.54. The van der Waals surface area contributed by atoms with Crippen LogP contribution >= 0.6 is 11.6 Å². The fourth-order valence-corrected chi connectivity index (χ4v) is 5.31. The highest BCUT2D eigenvalue weighted by Gasteiger charge is 2.24. The van der Waals surface area contributed by atoms with Gasteiger partial charge in [-0.2, -0.15) is 0 Å². The Morgan fingerprint density at radius 3 is 2.19 bits per heavy atom. The van der Waals surface area contributed by atoms with Crippen LogP contribution in [0.25, 0.3) is 0 Å². The van der Waals surface area contributed by atoms with Crippen molar-refractivity contribution in [2.75, 3.05) is 6.54 Å². The SMILES string of the molecule is O=C(O)c1ccc(CN(Cc2cccnc2)CC(NS(=O)(=O)c2ccc(Cl)cc2)c2ccccc2)cc1. The predicted molar refractivity (Wildman–Crippen MR) is 143 cm³/mol. The molecule has 0 amide bonds. The molecule has 1 aromatic heterocycles. The van der Waals surface area contributed by atoms with E-state index < -0.39 is 22.0 Å². The van der Waals surface area contributed by atoms with Crippen molar-refractivity contribution in [2.24, 2.45) is 0 Å². The number of nitrogens with one attached hydrogen (secondary N) is 1. The number of carbonyl (C=O) groups is 1. The number of carboxylic acids is 1. The molecular formula is C28H26ClN3O4S. The zero-order valence-corrected chi connectivity index (χ0v) is 21.4. The summed E-state index contributed by atoms with van der Waals surface area (Å²) >= 11 is 5.95. The highest BCUT2D eigenvalue weighted by atomic mass is 35.5. The van der Waals surface area contributed by atoms with Crippen molar-refractivity contribution >= 4 is 27.6 Å². The molecule has 7 nitrogen and oxygen atoms in total. The van der Waals surface area contributed by atoms with Crippen molar-refractivity contribution in [1.82, 2.24) is 14.6 Å². The third kappa shape index (κ3) is 7.47. The number of aromatic carboxylic acids is 1. The number of hydrogen-bond acceptors (Lipinski definition) is 5. The Labute approximate surface area is 221 Å². The summed E-state index contributed by atoms with van der Waals surface area (Å²) in [6, 6.07) is 25.4. The van der Waals surface area contributed by atoms with Crippen LogP contribution in [0.4, 0.5) is 0 Å². The van der Waals surface area contributed by atoms with Gasteiger partial charge in [-0.1, -0.05) is 60.1 Å².